The van der Waals surface area contributed by atoms with Crippen LogP contribution in [0.25, 0.3) is 0 Å². The summed E-state index contributed by atoms with van der Waals surface area (Å²) in [4.78, 5) is 38.1. The number of carbonyl (C=O) groups excluding carboxylic acids is 3. The van der Waals surface area contributed by atoms with E-state index >= 15 is 0 Å². The van der Waals surface area contributed by atoms with Crippen LogP contribution < -0.4 is 5.32 Å². The van der Waals surface area contributed by atoms with Gasteiger partial charge in [-0.1, -0.05) is 20.8 Å². The largest absolute Gasteiger partial charge is 0.348 e. The molecule has 0 aliphatic carbocycles. The van der Waals surface area contributed by atoms with Gasteiger partial charge in [-0.05, 0) is 38.7 Å². The summed E-state index contributed by atoms with van der Waals surface area (Å²) in [6.07, 6.45) is 1.56. The molecule has 1 aromatic heterocycles. The smallest absolute Gasteiger partial charge is 0.325 e. The van der Waals surface area contributed by atoms with Gasteiger partial charge in [-0.15, -0.1) is 0 Å². The molecular formula is C18H27N3O3. The Morgan fingerprint density at radius 1 is 1.29 bits per heavy atom. The Hall–Kier alpha value is -2.11. The fourth-order valence-corrected chi connectivity index (χ4v) is 3.24. The normalized spacial score (nSPS) is 17.8. The number of imide groups is 1. The van der Waals surface area contributed by atoms with Crippen molar-refractivity contribution in [2.45, 2.75) is 60.0 Å². The lowest BCUT2D eigenvalue weighted by atomic mass is 10.0. The lowest BCUT2D eigenvalue weighted by Gasteiger charge is -2.13. The molecule has 0 saturated carbocycles. The molecule has 1 atom stereocenters. The summed E-state index contributed by atoms with van der Waals surface area (Å²) >= 11 is 0. The maximum Gasteiger partial charge on any atom is 0.325 e. The SMILES string of the molecule is CCCn1c(C)cc(C(=O)CN2C(=O)N[C@@H](CC(C)C)C2=O)c1C. The second-order valence-electron chi connectivity index (χ2n) is 6.92. The van der Waals surface area contributed by atoms with Crippen LogP contribution in [0.5, 0.6) is 0 Å². The van der Waals surface area contributed by atoms with Gasteiger partial charge in [0, 0.05) is 23.5 Å². The lowest BCUT2D eigenvalue weighted by molar-refractivity contribution is -0.127. The minimum atomic E-state index is -0.516. The Morgan fingerprint density at radius 2 is 1.96 bits per heavy atom. The summed E-state index contributed by atoms with van der Waals surface area (Å²) in [5.41, 5.74) is 2.51. The molecule has 1 aromatic rings. The van der Waals surface area contributed by atoms with Gasteiger partial charge in [0.2, 0.25) is 0 Å². The van der Waals surface area contributed by atoms with Crippen LogP contribution in [0.2, 0.25) is 0 Å². The van der Waals surface area contributed by atoms with E-state index in [1.165, 1.54) is 0 Å². The summed E-state index contributed by atoms with van der Waals surface area (Å²) in [6, 6.07) is 0.858. The van der Waals surface area contributed by atoms with E-state index in [0.29, 0.717) is 17.9 Å². The number of Topliss-reactive ketones (excluding diaryl/α,β-unsaturated/α-hetero) is 1. The van der Waals surface area contributed by atoms with Crippen LogP contribution in [0.4, 0.5) is 4.79 Å². The first kappa shape index (κ1) is 18.2. The van der Waals surface area contributed by atoms with E-state index < -0.39 is 12.1 Å². The van der Waals surface area contributed by atoms with Crippen molar-refractivity contribution >= 4 is 17.7 Å². The van der Waals surface area contributed by atoms with Crippen LogP contribution in [0.15, 0.2) is 6.07 Å². The van der Waals surface area contributed by atoms with Gasteiger partial charge in [-0.2, -0.15) is 0 Å². The fourth-order valence-electron chi connectivity index (χ4n) is 3.24. The zero-order chi connectivity index (χ0) is 18.0. The van der Waals surface area contributed by atoms with E-state index in [4.69, 9.17) is 0 Å². The Morgan fingerprint density at radius 3 is 2.54 bits per heavy atom. The number of carbonyl (C=O) groups is 3. The quantitative estimate of drug-likeness (QED) is 0.616. The first-order valence-corrected chi connectivity index (χ1v) is 8.58. The van der Waals surface area contributed by atoms with Crippen LogP contribution >= 0.6 is 0 Å². The zero-order valence-electron chi connectivity index (χ0n) is 15.2. The second-order valence-corrected chi connectivity index (χ2v) is 6.92. The molecule has 1 N–H and O–H groups in total. The Labute approximate surface area is 143 Å². The van der Waals surface area contributed by atoms with Crippen LogP contribution in [-0.4, -0.2) is 39.8 Å². The highest BCUT2D eigenvalue weighted by Crippen LogP contribution is 2.19. The van der Waals surface area contributed by atoms with Gasteiger partial charge in [-0.3, -0.25) is 14.5 Å². The fraction of sp³-hybridized carbons (Fsp3) is 0.611. The van der Waals surface area contributed by atoms with Crippen molar-refractivity contribution in [3.63, 3.8) is 0 Å². The van der Waals surface area contributed by atoms with Gasteiger partial charge >= 0.3 is 6.03 Å². The van der Waals surface area contributed by atoms with E-state index in [1.54, 1.807) is 0 Å². The van der Waals surface area contributed by atoms with E-state index in [2.05, 4.69) is 16.8 Å². The van der Waals surface area contributed by atoms with Gasteiger partial charge in [0.05, 0.1) is 6.54 Å². The molecule has 24 heavy (non-hydrogen) atoms. The maximum absolute atomic E-state index is 12.6. The average molecular weight is 333 g/mol. The number of nitrogens with one attached hydrogen (secondary N) is 1. The van der Waals surface area contributed by atoms with E-state index in [1.807, 2.05) is 33.8 Å². The molecule has 3 amide bonds. The monoisotopic (exact) mass is 333 g/mol. The second kappa shape index (κ2) is 7.20. The highest BCUT2D eigenvalue weighted by molar-refractivity contribution is 6.09. The third-order valence-electron chi connectivity index (χ3n) is 4.44. The molecule has 0 unspecified atom stereocenters. The van der Waals surface area contributed by atoms with E-state index in [9.17, 15) is 14.4 Å². The molecule has 1 aliphatic heterocycles. The molecule has 6 heteroatoms. The third-order valence-corrected chi connectivity index (χ3v) is 4.44. The van der Waals surface area contributed by atoms with Crippen molar-refractivity contribution in [2.75, 3.05) is 6.54 Å². The highest BCUT2D eigenvalue weighted by Gasteiger charge is 2.39. The average Bonchev–Trinajstić information content (AvgIpc) is 2.92. The minimum Gasteiger partial charge on any atom is -0.348 e. The van der Waals surface area contributed by atoms with Crippen molar-refractivity contribution < 1.29 is 14.4 Å². The van der Waals surface area contributed by atoms with Crippen LogP contribution in [0.1, 0.15) is 55.4 Å². The molecule has 0 radical (unpaired) electrons. The number of amides is 3. The van der Waals surface area contributed by atoms with Crippen LogP contribution in [0, 0.1) is 19.8 Å². The zero-order valence-corrected chi connectivity index (χ0v) is 15.2. The summed E-state index contributed by atoms with van der Waals surface area (Å²) in [6.45, 7) is 10.6. The van der Waals surface area contributed by atoms with E-state index in [-0.39, 0.29) is 18.2 Å². The predicted octanol–water partition coefficient (Wildman–Crippen LogP) is 2.66. The lowest BCUT2D eigenvalue weighted by Crippen LogP contribution is -2.36. The van der Waals surface area contributed by atoms with Crippen molar-refractivity contribution in [3.05, 3.63) is 23.0 Å². The number of aromatic nitrogens is 1. The van der Waals surface area contributed by atoms with E-state index in [0.717, 1.165) is 29.3 Å². The summed E-state index contributed by atoms with van der Waals surface area (Å²) in [5, 5.41) is 2.67. The van der Waals surface area contributed by atoms with Gasteiger partial charge < -0.3 is 9.88 Å². The number of hydrogen-bond donors (Lipinski definition) is 1. The molecule has 2 heterocycles. The van der Waals surface area contributed by atoms with Gasteiger partial charge in [0.25, 0.3) is 5.91 Å². The van der Waals surface area contributed by atoms with Gasteiger partial charge in [-0.25, -0.2) is 4.79 Å². The maximum atomic E-state index is 12.6. The molecular weight excluding hydrogens is 306 g/mol. The Balaban J connectivity index is 2.14. The first-order valence-electron chi connectivity index (χ1n) is 8.58. The number of rotatable bonds is 7. The third kappa shape index (κ3) is 3.52. The molecule has 1 saturated heterocycles. The summed E-state index contributed by atoms with van der Waals surface area (Å²) < 4.78 is 2.10. The summed E-state index contributed by atoms with van der Waals surface area (Å²) in [7, 11) is 0. The number of hydrogen-bond acceptors (Lipinski definition) is 3. The number of urea groups is 1. The predicted molar refractivity (Wildman–Crippen MR) is 92.0 cm³/mol. The summed E-state index contributed by atoms with van der Waals surface area (Å²) in [5.74, 6) is -0.202. The van der Waals surface area contributed by atoms with Crippen LogP contribution in [-0.2, 0) is 11.3 Å². The molecule has 0 aromatic carbocycles. The molecule has 2 rings (SSSR count). The van der Waals surface area contributed by atoms with Gasteiger partial charge in [0.15, 0.2) is 5.78 Å². The van der Waals surface area contributed by atoms with Crippen molar-refractivity contribution in [3.8, 4) is 0 Å². The Bertz CT molecular complexity index is 661. The molecule has 6 nitrogen and oxygen atoms in total. The number of aryl methyl sites for hydroxylation is 1. The number of ketones is 1. The molecule has 1 aliphatic rings. The van der Waals surface area contributed by atoms with Crippen molar-refractivity contribution in [1.82, 2.24) is 14.8 Å². The van der Waals surface area contributed by atoms with Gasteiger partial charge in [0.1, 0.15) is 6.04 Å². The molecule has 132 valence electrons. The Kier molecular flexibility index (Phi) is 5.47. The molecule has 0 bridgehead atoms. The van der Waals surface area contributed by atoms with Crippen LogP contribution in [0.3, 0.4) is 0 Å². The number of nitrogens with zero attached hydrogens (tertiary/aromatic N) is 2. The van der Waals surface area contributed by atoms with Crippen molar-refractivity contribution in [1.29, 1.82) is 0 Å². The standard InChI is InChI=1S/C18H27N3O3/c1-6-7-20-12(4)9-14(13(20)5)16(22)10-21-17(23)15(8-11(2)3)19-18(21)24/h9,11,15H,6-8,10H2,1-5H3,(H,19,24)/t15-/m0/s1. The topological polar surface area (TPSA) is 71.4 Å². The minimum absolute atomic E-state index is 0.195. The molecule has 1 fully saturated rings. The first-order chi connectivity index (χ1) is 11.3. The highest BCUT2D eigenvalue weighted by atomic mass is 16.2. The van der Waals surface area contributed by atoms with Crippen molar-refractivity contribution in [2.24, 2.45) is 5.92 Å². The molecule has 0 spiro atoms.